The summed E-state index contributed by atoms with van der Waals surface area (Å²) in [7, 11) is 0. The normalized spacial score (nSPS) is 12.7. The van der Waals surface area contributed by atoms with Crippen LogP contribution in [0.15, 0.2) is 162 Å². The average molecular weight is 653 g/mol. The van der Waals surface area contributed by atoms with Gasteiger partial charge in [-0.15, -0.1) is 0 Å². The molecule has 0 amide bonds. The summed E-state index contributed by atoms with van der Waals surface area (Å²) < 4.78 is 0. The minimum absolute atomic E-state index is 0.380. The number of nitrogens with one attached hydrogen (secondary N) is 2. The summed E-state index contributed by atoms with van der Waals surface area (Å²) in [5.74, 6) is 0. The molecular weight excluding hydrogens is 593 g/mol. The average Bonchev–Trinajstić information content (AvgIpc) is 3.13. The number of allylic oxidation sites excluding steroid dienone is 5. The van der Waals surface area contributed by atoms with Crippen molar-refractivity contribution in [1.82, 2.24) is 10.6 Å². The van der Waals surface area contributed by atoms with E-state index in [1.807, 2.05) is 0 Å². The van der Waals surface area contributed by atoms with Gasteiger partial charge in [0.15, 0.2) is 0 Å². The lowest BCUT2D eigenvalue weighted by molar-refractivity contribution is 0.551. The minimum atomic E-state index is 0.380. The van der Waals surface area contributed by atoms with Gasteiger partial charge in [-0.2, -0.15) is 0 Å². The lowest BCUT2D eigenvalue weighted by Gasteiger charge is -2.17. The fourth-order valence-electron chi connectivity index (χ4n) is 5.73. The molecule has 0 bridgehead atoms. The first-order valence-electron chi connectivity index (χ1n) is 18.2. The zero-order valence-electron chi connectivity index (χ0n) is 31.0. The molecule has 0 saturated heterocycles. The molecule has 2 N–H and O–H groups in total. The van der Waals surface area contributed by atoms with Crippen molar-refractivity contribution in [3.05, 3.63) is 185 Å². The topological polar surface area (TPSA) is 24.1 Å². The van der Waals surface area contributed by atoms with Crippen LogP contribution in [-0.2, 0) is 0 Å². The predicted molar refractivity (Wildman–Crippen MR) is 216 cm³/mol. The van der Waals surface area contributed by atoms with Crippen molar-refractivity contribution < 1.29 is 0 Å². The minimum Gasteiger partial charge on any atom is -0.307 e. The van der Waals surface area contributed by atoms with E-state index in [2.05, 4.69) is 198 Å². The summed E-state index contributed by atoms with van der Waals surface area (Å²) in [5.41, 5.74) is 10.9. The molecule has 0 fully saturated rings. The molecule has 1 unspecified atom stereocenters. The van der Waals surface area contributed by atoms with Gasteiger partial charge < -0.3 is 10.6 Å². The standard InChI is InChI=1S/C24H25N.C23H35N/c1-2-24(22-16-10-5-11-17-22)25-19-18-23(20-12-6-3-7-13-20)21-14-8-4-9-15-21;1-19(2)11-9-12-20(3)13-10-14-21(4)17-18-24-22(5)23-15-7-6-8-16-23/h3-18,24-25H,2,19H2,1H3;6-8,11,13,15-17,22,24H,9-10,12,14,18H2,1-5H3/b;20-13+,21-17+/t;22-/m.1/s1. The van der Waals surface area contributed by atoms with E-state index in [-0.39, 0.29) is 0 Å². The van der Waals surface area contributed by atoms with Crippen molar-refractivity contribution in [2.75, 3.05) is 13.1 Å². The highest BCUT2D eigenvalue weighted by molar-refractivity contribution is 5.79. The Bertz CT molecular complexity index is 1520. The molecule has 4 aromatic carbocycles. The molecule has 0 spiro atoms. The largest absolute Gasteiger partial charge is 0.307 e. The van der Waals surface area contributed by atoms with E-state index >= 15 is 0 Å². The van der Waals surface area contributed by atoms with E-state index < -0.39 is 0 Å². The Hall–Kier alpha value is -4.24. The van der Waals surface area contributed by atoms with Gasteiger partial charge in [0.1, 0.15) is 0 Å². The van der Waals surface area contributed by atoms with Gasteiger partial charge in [-0.1, -0.05) is 169 Å². The van der Waals surface area contributed by atoms with Crippen molar-refractivity contribution >= 4 is 5.57 Å². The molecule has 2 nitrogen and oxygen atoms in total. The van der Waals surface area contributed by atoms with Crippen LogP contribution in [0.25, 0.3) is 5.57 Å². The first-order valence-corrected chi connectivity index (χ1v) is 18.2. The van der Waals surface area contributed by atoms with Gasteiger partial charge in [0.25, 0.3) is 0 Å². The second-order valence-corrected chi connectivity index (χ2v) is 13.1. The second-order valence-electron chi connectivity index (χ2n) is 13.1. The molecule has 4 rings (SSSR count). The Morgan fingerprint density at radius 1 is 0.531 bits per heavy atom. The van der Waals surface area contributed by atoms with Gasteiger partial charge in [-0.05, 0) is 94.5 Å². The monoisotopic (exact) mass is 652 g/mol. The fourth-order valence-corrected chi connectivity index (χ4v) is 5.73. The van der Waals surface area contributed by atoms with E-state index in [4.69, 9.17) is 0 Å². The van der Waals surface area contributed by atoms with Crippen LogP contribution in [0.3, 0.4) is 0 Å². The van der Waals surface area contributed by atoms with Crippen molar-refractivity contribution in [2.24, 2.45) is 0 Å². The van der Waals surface area contributed by atoms with Crippen LogP contribution in [0.2, 0.25) is 0 Å². The molecule has 0 heterocycles. The Morgan fingerprint density at radius 3 is 1.49 bits per heavy atom. The maximum Gasteiger partial charge on any atom is 0.0320 e. The van der Waals surface area contributed by atoms with Gasteiger partial charge in [0.05, 0.1) is 0 Å². The molecule has 258 valence electrons. The van der Waals surface area contributed by atoms with Crippen LogP contribution < -0.4 is 10.6 Å². The molecule has 0 aliphatic carbocycles. The Kier molecular flexibility index (Phi) is 18.5. The third-order valence-corrected chi connectivity index (χ3v) is 8.75. The van der Waals surface area contributed by atoms with Crippen molar-refractivity contribution in [2.45, 2.75) is 85.7 Å². The lowest BCUT2D eigenvalue weighted by atomic mass is 9.97. The summed E-state index contributed by atoms with van der Waals surface area (Å²) >= 11 is 0. The molecular formula is C47H60N2. The van der Waals surface area contributed by atoms with Crippen LogP contribution in [0, 0.1) is 0 Å². The zero-order chi connectivity index (χ0) is 35.1. The number of hydrogen-bond acceptors (Lipinski definition) is 2. The first-order chi connectivity index (χ1) is 23.9. The smallest absolute Gasteiger partial charge is 0.0320 e. The van der Waals surface area contributed by atoms with Gasteiger partial charge >= 0.3 is 0 Å². The van der Waals surface area contributed by atoms with Gasteiger partial charge in [-0.25, -0.2) is 0 Å². The van der Waals surface area contributed by atoms with E-state index in [1.54, 1.807) is 0 Å². The number of rotatable bonds is 17. The van der Waals surface area contributed by atoms with Crippen molar-refractivity contribution in [3.8, 4) is 0 Å². The lowest BCUT2D eigenvalue weighted by Crippen LogP contribution is -2.21. The fraction of sp³-hybridized carbons (Fsp3) is 0.319. The molecule has 0 aromatic heterocycles. The van der Waals surface area contributed by atoms with Crippen LogP contribution in [0.4, 0.5) is 0 Å². The molecule has 2 atom stereocenters. The highest BCUT2D eigenvalue weighted by atomic mass is 14.9. The van der Waals surface area contributed by atoms with Gasteiger partial charge in [-0.3, -0.25) is 0 Å². The zero-order valence-corrected chi connectivity index (χ0v) is 31.0. The maximum absolute atomic E-state index is 3.68. The summed E-state index contributed by atoms with van der Waals surface area (Å²) in [6.07, 6.45) is 15.1. The van der Waals surface area contributed by atoms with Crippen LogP contribution in [0.1, 0.15) is 108 Å². The molecule has 0 radical (unpaired) electrons. The summed E-state index contributed by atoms with van der Waals surface area (Å²) in [6.45, 7) is 15.0. The highest BCUT2D eigenvalue weighted by Crippen LogP contribution is 2.23. The third kappa shape index (κ3) is 15.7. The molecule has 0 saturated carbocycles. The number of hydrogen-bond donors (Lipinski definition) is 2. The maximum atomic E-state index is 3.68. The van der Waals surface area contributed by atoms with Crippen LogP contribution in [0.5, 0.6) is 0 Å². The molecule has 0 aliphatic rings. The SMILES string of the molecule is CC(C)=CCC/C(C)=C/CC/C(C)=C/CN[C@H](C)c1ccccc1.CCC(NCC=C(c1ccccc1)c1ccccc1)c1ccccc1. The van der Waals surface area contributed by atoms with E-state index in [9.17, 15) is 0 Å². The summed E-state index contributed by atoms with van der Waals surface area (Å²) in [4.78, 5) is 0. The molecule has 4 aromatic rings. The van der Waals surface area contributed by atoms with E-state index in [0.717, 1.165) is 32.4 Å². The van der Waals surface area contributed by atoms with E-state index in [1.165, 1.54) is 57.4 Å². The molecule has 0 aliphatic heterocycles. The third-order valence-electron chi connectivity index (χ3n) is 8.75. The molecule has 2 heteroatoms. The summed E-state index contributed by atoms with van der Waals surface area (Å²) in [5, 5.41) is 7.25. The first kappa shape index (κ1) is 39.2. The van der Waals surface area contributed by atoms with Gasteiger partial charge in [0.2, 0.25) is 0 Å². The second kappa shape index (κ2) is 23.2. The van der Waals surface area contributed by atoms with E-state index in [0.29, 0.717) is 12.1 Å². The Morgan fingerprint density at radius 2 is 0.980 bits per heavy atom. The van der Waals surface area contributed by atoms with Crippen molar-refractivity contribution in [1.29, 1.82) is 0 Å². The van der Waals surface area contributed by atoms with Crippen molar-refractivity contribution in [3.63, 3.8) is 0 Å². The quantitative estimate of drug-likeness (QED) is 0.111. The van der Waals surface area contributed by atoms with Gasteiger partial charge in [0, 0.05) is 25.2 Å². The Labute approximate surface area is 298 Å². The van der Waals surface area contributed by atoms with Crippen LogP contribution in [-0.4, -0.2) is 13.1 Å². The summed E-state index contributed by atoms with van der Waals surface area (Å²) in [6, 6.07) is 43.3. The number of benzene rings is 4. The molecule has 49 heavy (non-hydrogen) atoms. The predicted octanol–water partition coefficient (Wildman–Crippen LogP) is 12.6. The van der Waals surface area contributed by atoms with Crippen LogP contribution >= 0.6 is 0 Å². The highest BCUT2D eigenvalue weighted by Gasteiger charge is 2.08. The Balaban J connectivity index is 0.000000266.